The second-order valence-electron chi connectivity index (χ2n) is 4.52. The predicted molar refractivity (Wildman–Crippen MR) is 82.0 cm³/mol. The van der Waals surface area contributed by atoms with Gasteiger partial charge in [-0.05, 0) is 44.2 Å². The molecular formula is C17H17NO3. The molecule has 0 atom stereocenters. The average molecular weight is 283 g/mol. The normalized spacial score (nSPS) is 10.0. The minimum atomic E-state index is -0.239. The standard InChI is InChI=1S/C17H17NO3/c1-3-21-16-10-9-14(12(2)19)11-15(16)18-17(20)13-7-5-4-6-8-13/h4-11H,3H2,1-2H3,(H,18,20). The van der Waals surface area contributed by atoms with E-state index in [1.54, 1.807) is 42.5 Å². The van der Waals surface area contributed by atoms with Gasteiger partial charge < -0.3 is 10.1 Å². The Kier molecular flexibility index (Phi) is 4.72. The van der Waals surface area contributed by atoms with Crippen molar-refractivity contribution in [2.45, 2.75) is 13.8 Å². The molecule has 0 saturated carbocycles. The van der Waals surface area contributed by atoms with Crippen LogP contribution in [0, 0.1) is 0 Å². The van der Waals surface area contributed by atoms with Crippen LogP contribution in [0.25, 0.3) is 0 Å². The fourth-order valence-electron chi connectivity index (χ4n) is 1.91. The predicted octanol–water partition coefficient (Wildman–Crippen LogP) is 3.54. The molecule has 4 heteroatoms. The van der Waals surface area contributed by atoms with Crippen LogP contribution in [-0.2, 0) is 0 Å². The Bertz CT molecular complexity index is 650. The number of hydrogen-bond acceptors (Lipinski definition) is 3. The molecule has 1 amide bonds. The van der Waals surface area contributed by atoms with E-state index in [9.17, 15) is 9.59 Å². The number of nitrogens with one attached hydrogen (secondary N) is 1. The van der Waals surface area contributed by atoms with Crippen molar-refractivity contribution in [1.82, 2.24) is 0 Å². The number of rotatable bonds is 5. The Morgan fingerprint density at radius 1 is 1.05 bits per heavy atom. The topological polar surface area (TPSA) is 55.4 Å². The second-order valence-corrected chi connectivity index (χ2v) is 4.52. The van der Waals surface area contributed by atoms with Gasteiger partial charge in [0.15, 0.2) is 5.78 Å². The van der Waals surface area contributed by atoms with Gasteiger partial charge in [-0.15, -0.1) is 0 Å². The third-order valence-electron chi connectivity index (χ3n) is 2.97. The molecule has 0 aromatic heterocycles. The largest absolute Gasteiger partial charge is 0.492 e. The van der Waals surface area contributed by atoms with Gasteiger partial charge in [0.2, 0.25) is 0 Å². The van der Waals surface area contributed by atoms with Crippen molar-refractivity contribution in [1.29, 1.82) is 0 Å². The summed E-state index contributed by atoms with van der Waals surface area (Å²) in [5, 5.41) is 2.79. The van der Waals surface area contributed by atoms with Gasteiger partial charge in [0, 0.05) is 11.1 Å². The summed E-state index contributed by atoms with van der Waals surface area (Å²) in [5.74, 6) is 0.247. The fraction of sp³-hybridized carbons (Fsp3) is 0.176. The van der Waals surface area contributed by atoms with E-state index in [2.05, 4.69) is 5.32 Å². The molecule has 0 spiro atoms. The van der Waals surface area contributed by atoms with Crippen molar-refractivity contribution in [2.75, 3.05) is 11.9 Å². The minimum Gasteiger partial charge on any atom is -0.492 e. The lowest BCUT2D eigenvalue weighted by Gasteiger charge is -2.12. The summed E-state index contributed by atoms with van der Waals surface area (Å²) in [6, 6.07) is 13.9. The second kappa shape index (κ2) is 6.70. The first-order valence-electron chi connectivity index (χ1n) is 6.76. The molecule has 2 rings (SSSR count). The summed E-state index contributed by atoms with van der Waals surface area (Å²) in [4.78, 5) is 23.7. The van der Waals surface area contributed by atoms with Crippen LogP contribution in [0.3, 0.4) is 0 Å². The molecule has 4 nitrogen and oxygen atoms in total. The molecule has 21 heavy (non-hydrogen) atoms. The van der Waals surface area contributed by atoms with Crippen molar-refractivity contribution in [3.8, 4) is 5.75 Å². The summed E-state index contributed by atoms with van der Waals surface area (Å²) in [6.07, 6.45) is 0. The highest BCUT2D eigenvalue weighted by atomic mass is 16.5. The molecular weight excluding hydrogens is 266 g/mol. The molecule has 0 aliphatic heterocycles. The van der Waals surface area contributed by atoms with E-state index in [0.717, 1.165) is 0 Å². The molecule has 0 saturated heterocycles. The zero-order valence-corrected chi connectivity index (χ0v) is 12.1. The summed E-state index contributed by atoms with van der Waals surface area (Å²) in [6.45, 7) is 3.83. The Morgan fingerprint density at radius 3 is 2.38 bits per heavy atom. The maximum absolute atomic E-state index is 12.2. The van der Waals surface area contributed by atoms with Crippen molar-refractivity contribution >= 4 is 17.4 Å². The smallest absolute Gasteiger partial charge is 0.255 e. The Hall–Kier alpha value is -2.62. The molecule has 2 aromatic carbocycles. The third-order valence-corrected chi connectivity index (χ3v) is 2.97. The highest BCUT2D eigenvalue weighted by Crippen LogP contribution is 2.26. The van der Waals surface area contributed by atoms with Crippen LogP contribution in [0.5, 0.6) is 5.75 Å². The van der Waals surface area contributed by atoms with E-state index < -0.39 is 0 Å². The average Bonchev–Trinajstić information content (AvgIpc) is 2.50. The highest BCUT2D eigenvalue weighted by molar-refractivity contribution is 6.06. The van der Waals surface area contributed by atoms with Gasteiger partial charge in [0.05, 0.1) is 12.3 Å². The van der Waals surface area contributed by atoms with Gasteiger partial charge >= 0.3 is 0 Å². The summed E-state index contributed by atoms with van der Waals surface area (Å²) in [7, 11) is 0. The lowest BCUT2D eigenvalue weighted by molar-refractivity contribution is 0.101. The number of ketones is 1. The third kappa shape index (κ3) is 3.69. The first-order valence-corrected chi connectivity index (χ1v) is 6.76. The Balaban J connectivity index is 2.30. The number of anilines is 1. The maximum atomic E-state index is 12.2. The van der Waals surface area contributed by atoms with E-state index in [1.807, 2.05) is 13.0 Å². The number of benzene rings is 2. The van der Waals surface area contributed by atoms with Crippen LogP contribution in [0.15, 0.2) is 48.5 Å². The summed E-state index contributed by atoms with van der Waals surface area (Å²) in [5.41, 5.74) is 1.58. The minimum absolute atomic E-state index is 0.0618. The molecule has 108 valence electrons. The molecule has 0 aliphatic rings. The van der Waals surface area contributed by atoms with Gasteiger partial charge in [-0.1, -0.05) is 18.2 Å². The zero-order chi connectivity index (χ0) is 15.2. The van der Waals surface area contributed by atoms with Crippen molar-refractivity contribution in [2.24, 2.45) is 0 Å². The SMILES string of the molecule is CCOc1ccc(C(C)=O)cc1NC(=O)c1ccccc1. The lowest BCUT2D eigenvalue weighted by Crippen LogP contribution is -2.13. The van der Waals surface area contributed by atoms with Gasteiger partial charge in [-0.25, -0.2) is 0 Å². The number of amides is 1. The van der Waals surface area contributed by atoms with Crippen molar-refractivity contribution < 1.29 is 14.3 Å². The van der Waals surface area contributed by atoms with Crippen LogP contribution in [0.1, 0.15) is 34.6 Å². The van der Waals surface area contributed by atoms with E-state index in [4.69, 9.17) is 4.74 Å². The molecule has 0 heterocycles. The molecule has 0 unspecified atom stereocenters. The lowest BCUT2D eigenvalue weighted by atomic mass is 10.1. The van der Waals surface area contributed by atoms with E-state index in [-0.39, 0.29) is 11.7 Å². The number of ether oxygens (including phenoxy) is 1. The summed E-state index contributed by atoms with van der Waals surface area (Å²) >= 11 is 0. The number of carbonyl (C=O) groups is 2. The fourth-order valence-corrected chi connectivity index (χ4v) is 1.91. The first kappa shape index (κ1) is 14.8. The first-order chi connectivity index (χ1) is 10.1. The molecule has 0 bridgehead atoms. The molecule has 0 aliphatic carbocycles. The number of hydrogen-bond donors (Lipinski definition) is 1. The highest BCUT2D eigenvalue weighted by Gasteiger charge is 2.12. The Labute approximate surface area is 123 Å². The van der Waals surface area contributed by atoms with Crippen molar-refractivity contribution in [3.05, 3.63) is 59.7 Å². The number of carbonyl (C=O) groups excluding carboxylic acids is 2. The molecule has 0 radical (unpaired) electrons. The van der Waals surface area contributed by atoms with Crippen LogP contribution in [0.2, 0.25) is 0 Å². The van der Waals surface area contributed by atoms with E-state index in [1.165, 1.54) is 6.92 Å². The van der Waals surface area contributed by atoms with E-state index >= 15 is 0 Å². The van der Waals surface area contributed by atoms with Crippen LogP contribution >= 0.6 is 0 Å². The zero-order valence-electron chi connectivity index (χ0n) is 12.1. The van der Waals surface area contributed by atoms with E-state index in [0.29, 0.717) is 29.2 Å². The molecule has 2 aromatic rings. The number of Topliss-reactive ketones (excluding diaryl/α,β-unsaturated/α-hetero) is 1. The van der Waals surface area contributed by atoms with Crippen LogP contribution in [-0.4, -0.2) is 18.3 Å². The monoisotopic (exact) mass is 283 g/mol. The van der Waals surface area contributed by atoms with Gasteiger partial charge in [-0.2, -0.15) is 0 Å². The van der Waals surface area contributed by atoms with Crippen LogP contribution < -0.4 is 10.1 Å². The summed E-state index contributed by atoms with van der Waals surface area (Å²) < 4.78 is 5.48. The van der Waals surface area contributed by atoms with Crippen LogP contribution in [0.4, 0.5) is 5.69 Å². The van der Waals surface area contributed by atoms with Gasteiger partial charge in [0.1, 0.15) is 5.75 Å². The quantitative estimate of drug-likeness (QED) is 0.854. The molecule has 0 fully saturated rings. The molecule has 1 N–H and O–H groups in total. The van der Waals surface area contributed by atoms with Crippen molar-refractivity contribution in [3.63, 3.8) is 0 Å². The van der Waals surface area contributed by atoms with Gasteiger partial charge in [-0.3, -0.25) is 9.59 Å². The van der Waals surface area contributed by atoms with Gasteiger partial charge in [0.25, 0.3) is 5.91 Å². The maximum Gasteiger partial charge on any atom is 0.255 e. The Morgan fingerprint density at radius 2 is 1.76 bits per heavy atom.